The molecule has 292 valence electrons. The van der Waals surface area contributed by atoms with E-state index in [1.54, 1.807) is 11.0 Å². The minimum Gasteiger partial charge on any atom is -0.475 e. The number of likely N-dealkylation sites (tertiary alicyclic amines) is 1. The van der Waals surface area contributed by atoms with Crippen LogP contribution >= 0.6 is 0 Å². The Hall–Kier alpha value is -5.26. The van der Waals surface area contributed by atoms with Crippen molar-refractivity contribution in [2.75, 3.05) is 23.3 Å². The van der Waals surface area contributed by atoms with Gasteiger partial charge in [-0.1, -0.05) is 61.7 Å². The normalized spacial score (nSPS) is 17.4. The smallest absolute Gasteiger partial charge is 0.475 e. The van der Waals surface area contributed by atoms with E-state index < -0.39 is 29.8 Å². The molecule has 54 heavy (non-hydrogen) atoms. The van der Waals surface area contributed by atoms with Crippen LogP contribution in [0.15, 0.2) is 77.9 Å². The molecule has 4 N–H and O–H groups in total. The van der Waals surface area contributed by atoms with Crippen molar-refractivity contribution in [3.63, 3.8) is 0 Å². The van der Waals surface area contributed by atoms with Crippen molar-refractivity contribution in [3.05, 3.63) is 89.9 Å². The summed E-state index contributed by atoms with van der Waals surface area (Å²) in [7, 11) is 0. The number of carboxylic acid groups (broad SMARTS) is 2. The lowest BCUT2D eigenvalue weighted by molar-refractivity contribution is -0.193. The molecule has 1 saturated heterocycles. The maximum absolute atomic E-state index is 14.2. The van der Waals surface area contributed by atoms with Crippen LogP contribution in [0.1, 0.15) is 56.1 Å². The van der Waals surface area contributed by atoms with E-state index in [1.807, 2.05) is 36.5 Å². The minimum absolute atomic E-state index is 0.305. The summed E-state index contributed by atoms with van der Waals surface area (Å²) in [6, 6.07) is 20.8. The van der Waals surface area contributed by atoms with Gasteiger partial charge < -0.3 is 20.8 Å². The van der Waals surface area contributed by atoms with Crippen LogP contribution in [0.25, 0.3) is 0 Å². The summed E-state index contributed by atoms with van der Waals surface area (Å²) >= 11 is 0. The highest BCUT2D eigenvalue weighted by Crippen LogP contribution is 2.39. The molecule has 1 saturated carbocycles. The number of nitrogens with zero attached hydrogens (tertiary/aromatic N) is 4. The van der Waals surface area contributed by atoms with Crippen molar-refractivity contribution >= 4 is 35.3 Å². The van der Waals surface area contributed by atoms with E-state index in [9.17, 15) is 35.5 Å². The monoisotopic (exact) mass is 768 g/mol. The molecule has 3 aliphatic rings. The molecule has 0 radical (unpaired) electrons. The molecule has 2 aromatic carbocycles. The molecule has 2 fully saturated rings. The number of alkyl halides is 6. The summed E-state index contributed by atoms with van der Waals surface area (Å²) in [6.45, 7) is 3.14. The first-order valence-electron chi connectivity index (χ1n) is 17.0. The Morgan fingerprint density at radius 2 is 1.44 bits per heavy atom. The number of anilines is 2. The molecule has 18 heteroatoms. The molecule has 3 aromatic rings. The quantitative estimate of drug-likeness (QED) is 0.181. The summed E-state index contributed by atoms with van der Waals surface area (Å²) in [5.41, 5.74) is 2.36. The standard InChI is InChI=1S/C32H37FN6O.2C2HF3O2/c33-26-10-7-13-28(20-26)39-31(40)37-30(36-27-11-5-2-6-12-27)32(39)16-18-38(19-17-32)23-25-14-15-29(35-22-25)34-21-24-8-3-1-4-9-24;2*3-2(4,5)1(6)7/h1,3-4,7-10,13-15,20,22,27H,2,5-6,11-12,16-19,21,23H2,(H,34,35)(H,36,37,40);2*(H,6,7). The average Bonchev–Trinajstić information content (AvgIpc) is 3.38. The number of nitrogens with one attached hydrogen (secondary N) is 2. The molecule has 0 atom stereocenters. The highest BCUT2D eigenvalue weighted by Gasteiger charge is 2.52. The molecule has 3 heterocycles. The third-order valence-electron chi connectivity index (χ3n) is 9.00. The summed E-state index contributed by atoms with van der Waals surface area (Å²) in [5.74, 6) is -4.24. The fourth-order valence-corrected chi connectivity index (χ4v) is 6.33. The highest BCUT2D eigenvalue weighted by atomic mass is 19.4. The van der Waals surface area contributed by atoms with Gasteiger partial charge in [0.1, 0.15) is 23.0 Å². The lowest BCUT2D eigenvalue weighted by Crippen LogP contribution is -2.62. The number of urea groups is 1. The Morgan fingerprint density at radius 1 is 0.833 bits per heavy atom. The van der Waals surface area contributed by atoms with E-state index in [0.717, 1.165) is 69.1 Å². The van der Waals surface area contributed by atoms with Gasteiger partial charge in [-0.3, -0.25) is 9.80 Å². The number of hydrogen-bond donors (Lipinski definition) is 4. The van der Waals surface area contributed by atoms with Gasteiger partial charge in [-0.15, -0.1) is 0 Å². The fraction of sp³-hybridized carbons (Fsp3) is 0.417. The van der Waals surface area contributed by atoms with Gasteiger partial charge in [0.05, 0.1) is 0 Å². The summed E-state index contributed by atoms with van der Waals surface area (Å²) < 4.78 is 77.7. The molecule has 11 nitrogen and oxygen atoms in total. The van der Waals surface area contributed by atoms with E-state index >= 15 is 0 Å². The number of benzene rings is 2. The summed E-state index contributed by atoms with van der Waals surface area (Å²) in [6.07, 6.45) is -0.914. The van der Waals surface area contributed by atoms with Crippen molar-refractivity contribution in [3.8, 4) is 0 Å². The Morgan fingerprint density at radius 3 is 1.98 bits per heavy atom. The minimum atomic E-state index is -5.08. The Kier molecular flexibility index (Phi) is 14.0. The number of halogens is 7. The van der Waals surface area contributed by atoms with Crippen LogP contribution in [0.4, 0.5) is 47.0 Å². The van der Waals surface area contributed by atoms with Crippen molar-refractivity contribution in [2.45, 2.75) is 82.0 Å². The molecule has 1 aromatic heterocycles. The van der Waals surface area contributed by atoms with Crippen LogP contribution in [-0.4, -0.2) is 80.9 Å². The molecule has 2 aliphatic heterocycles. The van der Waals surface area contributed by atoms with Gasteiger partial charge in [0.2, 0.25) is 0 Å². The predicted molar refractivity (Wildman–Crippen MR) is 184 cm³/mol. The van der Waals surface area contributed by atoms with E-state index in [4.69, 9.17) is 19.8 Å². The van der Waals surface area contributed by atoms with Crippen molar-refractivity contribution < 1.29 is 55.3 Å². The molecule has 1 aliphatic carbocycles. The third-order valence-corrected chi connectivity index (χ3v) is 9.00. The lowest BCUT2D eigenvalue weighted by atomic mass is 9.83. The van der Waals surface area contributed by atoms with Gasteiger partial charge in [-0.05, 0) is 61.1 Å². The van der Waals surface area contributed by atoms with Crippen molar-refractivity contribution in [2.24, 2.45) is 4.99 Å². The average molecular weight is 769 g/mol. The maximum Gasteiger partial charge on any atom is 0.490 e. The lowest BCUT2D eigenvalue weighted by Gasteiger charge is -2.45. The van der Waals surface area contributed by atoms with Crippen LogP contribution in [0.5, 0.6) is 0 Å². The molecule has 2 amide bonds. The van der Waals surface area contributed by atoms with Gasteiger partial charge in [0.25, 0.3) is 0 Å². The van der Waals surface area contributed by atoms with E-state index in [2.05, 4.69) is 43.7 Å². The number of aromatic nitrogens is 1. The van der Waals surface area contributed by atoms with Crippen LogP contribution in [0, 0.1) is 5.82 Å². The van der Waals surface area contributed by atoms with E-state index in [-0.39, 0.29) is 11.8 Å². The number of carbonyl (C=O) groups is 3. The number of carbonyl (C=O) groups excluding carboxylic acids is 1. The molecule has 0 unspecified atom stereocenters. The number of hydrogen-bond acceptors (Lipinski definition) is 7. The highest BCUT2D eigenvalue weighted by molar-refractivity contribution is 6.16. The van der Waals surface area contributed by atoms with Crippen LogP contribution < -0.4 is 15.5 Å². The topological polar surface area (TPSA) is 147 Å². The predicted octanol–water partition coefficient (Wildman–Crippen LogP) is 7.40. The number of piperidine rings is 1. The second-order valence-electron chi connectivity index (χ2n) is 12.8. The zero-order valence-electron chi connectivity index (χ0n) is 28.8. The van der Waals surface area contributed by atoms with Gasteiger partial charge in [-0.25, -0.2) is 23.8 Å². The zero-order chi connectivity index (χ0) is 39.5. The number of amides is 2. The molecular formula is C36H39F7N6O5. The SMILES string of the molecule is O=C(O)C(F)(F)F.O=C(O)C(F)(F)F.O=C1N=C(NC2CCCCC2)C2(CCN(Cc3ccc(NCc4ccccc4)nc3)CC2)N1c1cccc(F)c1. The number of amidine groups is 1. The number of carboxylic acids is 2. The number of aliphatic imine (C=N–C) groups is 1. The molecule has 0 bridgehead atoms. The first-order chi connectivity index (χ1) is 25.5. The maximum atomic E-state index is 14.2. The molecular weight excluding hydrogens is 729 g/mol. The van der Waals surface area contributed by atoms with Gasteiger partial charge >= 0.3 is 30.3 Å². The number of aliphatic carboxylic acids is 2. The van der Waals surface area contributed by atoms with Crippen LogP contribution in [0.2, 0.25) is 0 Å². The second kappa shape index (κ2) is 18.2. The first-order valence-corrected chi connectivity index (χ1v) is 17.0. The summed E-state index contributed by atoms with van der Waals surface area (Å²) in [4.78, 5) is 44.4. The van der Waals surface area contributed by atoms with Gasteiger partial charge in [-0.2, -0.15) is 31.3 Å². The van der Waals surface area contributed by atoms with E-state index in [1.165, 1.54) is 37.0 Å². The van der Waals surface area contributed by atoms with Crippen LogP contribution in [0.3, 0.4) is 0 Å². The second-order valence-corrected chi connectivity index (χ2v) is 12.8. The zero-order valence-corrected chi connectivity index (χ0v) is 28.8. The Balaban J connectivity index is 0.000000396. The Labute approximate surface area is 305 Å². The van der Waals surface area contributed by atoms with Crippen molar-refractivity contribution in [1.82, 2.24) is 15.2 Å². The van der Waals surface area contributed by atoms with Gasteiger partial charge in [0, 0.05) is 44.1 Å². The molecule has 6 rings (SSSR count). The summed E-state index contributed by atoms with van der Waals surface area (Å²) in [5, 5.41) is 21.3. The number of rotatable bonds is 7. The van der Waals surface area contributed by atoms with Gasteiger partial charge in [0.15, 0.2) is 0 Å². The third kappa shape index (κ3) is 11.6. The van der Waals surface area contributed by atoms with Crippen LogP contribution in [-0.2, 0) is 22.7 Å². The van der Waals surface area contributed by atoms with E-state index in [0.29, 0.717) is 11.7 Å². The Bertz CT molecular complexity index is 1720. The number of pyridine rings is 1. The fourth-order valence-electron chi connectivity index (χ4n) is 6.33. The molecule has 1 spiro atoms. The first kappa shape index (κ1) is 41.5. The largest absolute Gasteiger partial charge is 0.490 e. The van der Waals surface area contributed by atoms with Crippen molar-refractivity contribution in [1.29, 1.82) is 0 Å².